The number of carbonyl (C=O) groups excluding carboxylic acids is 5. The number of fused-ring (bicyclic) bond motifs is 2. The first kappa shape index (κ1) is 38.1. The van der Waals surface area contributed by atoms with Crippen molar-refractivity contribution in [2.75, 3.05) is 56.0 Å². The van der Waals surface area contributed by atoms with E-state index in [2.05, 4.69) is 40.3 Å². The standard InChI is InChI=1S/C44H42ClN9O6/c45-35-17-30(60-29-4-2-1-3-5-29)7-9-32(35)39(56)34-18-46-40-38(34)41(48-24-47-40)49-26-12-14-52(15-13-26)28-22-51(23-28)19-25-20-53(21-25)27-6-8-31-33(16-27)44(59)54(43(31)58)36-10-11-37(55)50-42(36)57/h1-9,16-18,24-26,28,36H,10-15,19-23H2,(H,50,55,57)(H2,46,47,48,49). The summed E-state index contributed by atoms with van der Waals surface area (Å²) in [6.07, 6.45) is 5.30. The number of ether oxygens (including phenoxy) is 1. The second-order valence-corrected chi connectivity index (χ2v) is 16.7. The predicted molar refractivity (Wildman–Crippen MR) is 223 cm³/mol. The molecule has 3 N–H and O–H groups in total. The van der Waals surface area contributed by atoms with Crippen LogP contribution in [0.15, 0.2) is 79.3 Å². The molecule has 5 aliphatic rings. The van der Waals surface area contributed by atoms with Crippen molar-refractivity contribution in [2.24, 2.45) is 5.92 Å². The molecule has 0 bridgehead atoms. The molecule has 0 saturated carbocycles. The van der Waals surface area contributed by atoms with Gasteiger partial charge < -0.3 is 19.9 Å². The van der Waals surface area contributed by atoms with E-state index in [4.69, 9.17) is 16.3 Å². The Hall–Kier alpha value is -6.16. The first-order valence-electron chi connectivity index (χ1n) is 20.4. The lowest BCUT2D eigenvalue weighted by Crippen LogP contribution is -2.63. The Balaban J connectivity index is 0.694. The summed E-state index contributed by atoms with van der Waals surface area (Å²) in [6.45, 7) is 6.73. The van der Waals surface area contributed by atoms with Crippen LogP contribution in [0, 0.1) is 5.92 Å². The van der Waals surface area contributed by atoms with Crippen LogP contribution in [0.5, 0.6) is 11.5 Å². The third kappa shape index (κ3) is 7.05. The number of anilines is 2. The number of hydrogen-bond acceptors (Lipinski definition) is 12. The second-order valence-electron chi connectivity index (χ2n) is 16.3. The van der Waals surface area contributed by atoms with Gasteiger partial charge in [-0.05, 0) is 61.7 Å². The molecule has 5 aromatic rings. The number of halogens is 1. The number of carbonyl (C=O) groups is 5. The van der Waals surface area contributed by atoms with Gasteiger partial charge in [-0.25, -0.2) is 9.97 Å². The molecule has 0 radical (unpaired) electrons. The minimum absolute atomic E-state index is 0.0918. The fraction of sp³-hybridized carbons (Fsp3) is 0.341. The van der Waals surface area contributed by atoms with E-state index < -0.39 is 29.7 Å². The average Bonchev–Trinajstić information content (AvgIpc) is 3.76. The molecule has 60 heavy (non-hydrogen) atoms. The van der Waals surface area contributed by atoms with Crippen molar-refractivity contribution in [1.29, 1.82) is 0 Å². The van der Waals surface area contributed by atoms with Crippen LogP contribution in [-0.4, -0.2) is 123 Å². The van der Waals surface area contributed by atoms with Gasteiger partial charge in [0.2, 0.25) is 11.8 Å². The highest BCUT2D eigenvalue weighted by Crippen LogP contribution is 2.35. The number of rotatable bonds is 11. The van der Waals surface area contributed by atoms with Crippen LogP contribution in [0.25, 0.3) is 11.0 Å². The van der Waals surface area contributed by atoms with E-state index in [0.29, 0.717) is 67.6 Å². The van der Waals surface area contributed by atoms with Crippen molar-refractivity contribution >= 4 is 63.6 Å². The number of amides is 4. The zero-order valence-corrected chi connectivity index (χ0v) is 33.4. The Bertz CT molecular complexity index is 2550. The summed E-state index contributed by atoms with van der Waals surface area (Å²) >= 11 is 6.63. The summed E-state index contributed by atoms with van der Waals surface area (Å²) in [4.78, 5) is 84.7. The molecule has 16 heteroatoms. The van der Waals surface area contributed by atoms with Gasteiger partial charge in [0.25, 0.3) is 11.8 Å². The number of hydrogen-bond donors (Lipinski definition) is 3. The van der Waals surface area contributed by atoms with Crippen molar-refractivity contribution in [3.8, 4) is 11.5 Å². The highest BCUT2D eigenvalue weighted by molar-refractivity contribution is 6.36. The van der Waals surface area contributed by atoms with Crippen molar-refractivity contribution in [1.82, 2.24) is 35.0 Å². The van der Waals surface area contributed by atoms with Gasteiger partial charge in [-0.15, -0.1) is 0 Å². The largest absolute Gasteiger partial charge is 0.457 e. The number of para-hydroxylation sites is 1. The number of benzene rings is 3. The summed E-state index contributed by atoms with van der Waals surface area (Å²) in [6, 6.07) is 19.5. The predicted octanol–water partition coefficient (Wildman–Crippen LogP) is 4.73. The fourth-order valence-corrected chi connectivity index (χ4v) is 9.46. The third-order valence-electron chi connectivity index (χ3n) is 12.5. The smallest absolute Gasteiger partial charge is 0.262 e. The molecule has 1 unspecified atom stereocenters. The molecule has 7 heterocycles. The number of likely N-dealkylation sites (tertiary alicyclic amines) is 2. The SMILES string of the molecule is O=C1CCC(N2C(=O)c3ccc(N4CC(CN5CC(N6CCC(Nc7ncnc8[nH]cc(C(=O)c9ccc(Oc%10ccccc%10)cc9Cl)c78)CC6)C5)C4)cc3C2=O)C(=O)N1. The lowest BCUT2D eigenvalue weighted by atomic mass is 9.94. The number of piperidine rings is 2. The van der Waals surface area contributed by atoms with Crippen molar-refractivity contribution in [3.05, 3.63) is 107 Å². The van der Waals surface area contributed by atoms with E-state index >= 15 is 0 Å². The lowest BCUT2D eigenvalue weighted by Gasteiger charge is -2.51. The molecule has 4 fully saturated rings. The van der Waals surface area contributed by atoms with Gasteiger partial charge in [-0.3, -0.25) is 44.0 Å². The molecule has 4 saturated heterocycles. The van der Waals surface area contributed by atoms with E-state index in [1.54, 1.807) is 36.5 Å². The van der Waals surface area contributed by atoms with Crippen LogP contribution in [0.2, 0.25) is 5.02 Å². The van der Waals surface area contributed by atoms with Crippen molar-refractivity contribution in [2.45, 2.75) is 43.8 Å². The van der Waals surface area contributed by atoms with Gasteiger partial charge >= 0.3 is 0 Å². The van der Waals surface area contributed by atoms with Crippen LogP contribution < -0.4 is 20.3 Å². The molecule has 1 atom stereocenters. The first-order chi connectivity index (χ1) is 29.2. The summed E-state index contributed by atoms with van der Waals surface area (Å²) in [5.41, 5.74) is 2.88. The summed E-state index contributed by atoms with van der Waals surface area (Å²) < 4.78 is 5.90. The van der Waals surface area contributed by atoms with Gasteiger partial charge in [0.05, 0.1) is 27.1 Å². The molecule has 4 amide bonds. The van der Waals surface area contributed by atoms with Gasteiger partial charge in [0.1, 0.15) is 35.3 Å². The van der Waals surface area contributed by atoms with Gasteiger partial charge in [0, 0.05) is 93.7 Å². The molecular weight excluding hydrogens is 786 g/mol. The van der Waals surface area contributed by atoms with Crippen molar-refractivity contribution < 1.29 is 28.7 Å². The van der Waals surface area contributed by atoms with Gasteiger partial charge in [0.15, 0.2) is 5.78 Å². The summed E-state index contributed by atoms with van der Waals surface area (Å²) in [5.74, 6) is 0.143. The zero-order valence-electron chi connectivity index (χ0n) is 32.6. The van der Waals surface area contributed by atoms with E-state index in [9.17, 15) is 24.0 Å². The maximum Gasteiger partial charge on any atom is 0.262 e. The molecule has 2 aromatic heterocycles. The molecular formula is C44H42ClN9O6. The van der Waals surface area contributed by atoms with Gasteiger partial charge in [-0.1, -0.05) is 29.8 Å². The summed E-state index contributed by atoms with van der Waals surface area (Å²) in [5, 5.41) is 6.81. The van der Waals surface area contributed by atoms with Crippen LogP contribution in [-0.2, 0) is 9.59 Å². The molecule has 3 aromatic carbocycles. The Kier molecular flexibility index (Phi) is 9.81. The topological polar surface area (TPSA) is 173 Å². The highest BCUT2D eigenvalue weighted by Gasteiger charge is 2.45. The monoisotopic (exact) mass is 827 g/mol. The third-order valence-corrected chi connectivity index (χ3v) is 12.8. The Labute approximate surface area is 350 Å². The molecule has 0 aliphatic carbocycles. The summed E-state index contributed by atoms with van der Waals surface area (Å²) in [7, 11) is 0. The van der Waals surface area contributed by atoms with Crippen LogP contribution >= 0.6 is 11.6 Å². The molecule has 15 nitrogen and oxygen atoms in total. The number of ketones is 1. The van der Waals surface area contributed by atoms with Crippen LogP contribution in [0.3, 0.4) is 0 Å². The highest BCUT2D eigenvalue weighted by atomic mass is 35.5. The zero-order chi connectivity index (χ0) is 41.1. The maximum atomic E-state index is 13.9. The van der Waals surface area contributed by atoms with E-state index in [-0.39, 0.29) is 24.7 Å². The molecule has 0 spiro atoms. The average molecular weight is 828 g/mol. The minimum Gasteiger partial charge on any atom is -0.457 e. The number of aromatic nitrogens is 3. The van der Waals surface area contributed by atoms with Crippen LogP contribution in [0.1, 0.15) is 62.3 Å². The minimum atomic E-state index is -0.971. The normalized spacial score (nSPS) is 20.6. The molecule has 10 rings (SSSR count). The molecule has 5 aliphatic heterocycles. The lowest BCUT2D eigenvalue weighted by molar-refractivity contribution is -0.136. The fourth-order valence-electron chi connectivity index (χ4n) is 9.21. The number of nitrogens with zero attached hydrogens (tertiary/aromatic N) is 6. The quantitative estimate of drug-likeness (QED) is 0.124. The van der Waals surface area contributed by atoms with E-state index in [0.717, 1.165) is 69.2 Å². The van der Waals surface area contributed by atoms with E-state index in [1.807, 2.05) is 36.4 Å². The second kappa shape index (κ2) is 15.5. The van der Waals surface area contributed by atoms with E-state index in [1.165, 1.54) is 6.33 Å². The van der Waals surface area contributed by atoms with Crippen LogP contribution in [0.4, 0.5) is 11.5 Å². The Morgan fingerprint density at radius 1 is 0.850 bits per heavy atom. The molecule has 306 valence electrons. The number of H-pyrrole nitrogens is 1. The van der Waals surface area contributed by atoms with Crippen molar-refractivity contribution in [3.63, 3.8) is 0 Å². The number of nitrogens with one attached hydrogen (secondary N) is 3. The Morgan fingerprint density at radius 2 is 1.63 bits per heavy atom. The Morgan fingerprint density at radius 3 is 2.40 bits per heavy atom. The first-order valence-corrected chi connectivity index (χ1v) is 20.8. The maximum absolute atomic E-state index is 13.9. The number of imide groups is 2. The van der Waals surface area contributed by atoms with Gasteiger partial charge in [-0.2, -0.15) is 0 Å². The number of aromatic amines is 1.